The molecule has 6 nitrogen and oxygen atoms in total. The van der Waals surface area contributed by atoms with Gasteiger partial charge in [-0.15, -0.1) is 11.3 Å². The molecule has 0 fully saturated rings. The Hall–Kier alpha value is -1.90. The first-order valence-electron chi connectivity index (χ1n) is 8.52. The summed E-state index contributed by atoms with van der Waals surface area (Å²) in [5.74, 6) is 0. The topological polar surface area (TPSA) is 78.5 Å². The molecule has 1 heterocycles. The molecule has 0 bridgehead atoms. The van der Waals surface area contributed by atoms with Crippen molar-refractivity contribution in [1.82, 2.24) is 14.9 Å². The number of hydrogen-bond acceptors (Lipinski definition) is 4. The highest BCUT2D eigenvalue weighted by atomic mass is 32.2. The van der Waals surface area contributed by atoms with Crippen LogP contribution in [-0.2, 0) is 23.1 Å². The van der Waals surface area contributed by atoms with Gasteiger partial charge >= 0.3 is 6.03 Å². The number of carbonyl (C=O) groups excluding carboxylic acids is 1. The molecule has 0 saturated heterocycles. The third-order valence-corrected chi connectivity index (χ3v) is 7.18. The van der Waals surface area contributed by atoms with Gasteiger partial charge in [0.2, 0.25) is 10.0 Å². The summed E-state index contributed by atoms with van der Waals surface area (Å²) in [7, 11) is -3.45. The largest absolute Gasteiger partial charge is 0.334 e. The number of thiophene rings is 1. The smallest absolute Gasteiger partial charge is 0.315 e. The van der Waals surface area contributed by atoms with E-state index in [1.165, 1.54) is 9.87 Å². The molecule has 0 spiro atoms. The second kappa shape index (κ2) is 9.16. The summed E-state index contributed by atoms with van der Waals surface area (Å²) < 4.78 is 26.3. The molecule has 0 saturated carbocycles. The molecule has 1 aromatic heterocycles. The Bertz CT molecular complexity index is 826. The number of carbonyl (C=O) groups is 1. The third kappa shape index (κ3) is 5.06. The fourth-order valence-corrected chi connectivity index (χ4v) is 4.79. The number of nitrogens with zero attached hydrogens (tertiary/aromatic N) is 1. The number of amides is 2. The van der Waals surface area contributed by atoms with Gasteiger partial charge in [0.05, 0.1) is 11.4 Å². The SMILES string of the molecule is CCN(CC)S(=O)(=O)c1ccc(CNC(=O)NCc2sccc2C)cc1. The molecular formula is C18H25N3O3S2. The minimum Gasteiger partial charge on any atom is -0.334 e. The van der Waals surface area contributed by atoms with Crippen LogP contribution in [-0.4, -0.2) is 31.8 Å². The Morgan fingerprint density at radius 2 is 1.65 bits per heavy atom. The van der Waals surface area contributed by atoms with Gasteiger partial charge in [0.15, 0.2) is 0 Å². The lowest BCUT2D eigenvalue weighted by Gasteiger charge is -2.18. The zero-order valence-corrected chi connectivity index (χ0v) is 16.9. The summed E-state index contributed by atoms with van der Waals surface area (Å²) in [4.78, 5) is 13.3. The van der Waals surface area contributed by atoms with Gasteiger partial charge in [0.1, 0.15) is 0 Å². The van der Waals surface area contributed by atoms with E-state index in [4.69, 9.17) is 0 Å². The predicted octanol–water partition coefficient (Wildman–Crippen LogP) is 3.09. The van der Waals surface area contributed by atoms with Crippen molar-refractivity contribution in [3.05, 3.63) is 51.7 Å². The lowest BCUT2D eigenvalue weighted by atomic mass is 10.2. The standard InChI is InChI=1S/C18H25N3O3S2/c1-4-21(5-2)26(23,24)16-8-6-15(7-9-16)12-19-18(22)20-13-17-14(3)10-11-25-17/h6-11H,4-5,12-13H2,1-3H3,(H2,19,20,22). The van der Waals surface area contributed by atoms with Gasteiger partial charge in [0, 0.05) is 24.5 Å². The van der Waals surface area contributed by atoms with Gasteiger partial charge < -0.3 is 10.6 Å². The van der Waals surface area contributed by atoms with Gasteiger partial charge in [0.25, 0.3) is 0 Å². The van der Waals surface area contributed by atoms with E-state index in [-0.39, 0.29) is 10.9 Å². The van der Waals surface area contributed by atoms with Crippen molar-refractivity contribution < 1.29 is 13.2 Å². The molecule has 2 aromatic rings. The number of rotatable bonds is 8. The highest BCUT2D eigenvalue weighted by molar-refractivity contribution is 7.89. The van der Waals surface area contributed by atoms with E-state index in [1.54, 1.807) is 35.6 Å². The van der Waals surface area contributed by atoms with Crippen molar-refractivity contribution >= 4 is 27.4 Å². The molecule has 0 aliphatic rings. The summed E-state index contributed by atoms with van der Waals surface area (Å²) in [5.41, 5.74) is 2.01. The van der Waals surface area contributed by atoms with Gasteiger partial charge in [-0.05, 0) is 41.6 Å². The van der Waals surface area contributed by atoms with Crippen LogP contribution in [0.15, 0.2) is 40.6 Å². The second-order valence-electron chi connectivity index (χ2n) is 5.80. The zero-order valence-electron chi connectivity index (χ0n) is 15.3. The summed E-state index contributed by atoms with van der Waals surface area (Å²) in [5, 5.41) is 7.60. The molecule has 26 heavy (non-hydrogen) atoms. The van der Waals surface area contributed by atoms with E-state index < -0.39 is 10.0 Å². The number of hydrogen-bond donors (Lipinski definition) is 2. The summed E-state index contributed by atoms with van der Waals surface area (Å²) >= 11 is 1.61. The Kier molecular flexibility index (Phi) is 7.19. The van der Waals surface area contributed by atoms with Crippen molar-refractivity contribution in [3.8, 4) is 0 Å². The van der Waals surface area contributed by atoms with E-state index in [0.29, 0.717) is 26.2 Å². The van der Waals surface area contributed by atoms with E-state index in [0.717, 1.165) is 10.4 Å². The molecule has 0 atom stereocenters. The van der Waals surface area contributed by atoms with Crippen molar-refractivity contribution in [1.29, 1.82) is 0 Å². The van der Waals surface area contributed by atoms with Gasteiger partial charge in [-0.2, -0.15) is 4.31 Å². The maximum absolute atomic E-state index is 12.4. The molecule has 0 aliphatic heterocycles. The first-order valence-corrected chi connectivity index (χ1v) is 10.8. The van der Waals surface area contributed by atoms with Crippen LogP contribution in [0.4, 0.5) is 4.79 Å². The van der Waals surface area contributed by atoms with E-state index >= 15 is 0 Å². The van der Waals surface area contributed by atoms with Crippen LogP contribution in [0.1, 0.15) is 29.9 Å². The van der Waals surface area contributed by atoms with Crippen molar-refractivity contribution in [2.45, 2.75) is 38.8 Å². The molecule has 0 unspecified atom stereocenters. The van der Waals surface area contributed by atoms with Crippen LogP contribution in [0, 0.1) is 6.92 Å². The number of urea groups is 1. The van der Waals surface area contributed by atoms with Crippen LogP contribution in [0.3, 0.4) is 0 Å². The quantitative estimate of drug-likeness (QED) is 0.721. The summed E-state index contributed by atoms with van der Waals surface area (Å²) in [6, 6.07) is 8.38. The summed E-state index contributed by atoms with van der Waals surface area (Å²) in [6.07, 6.45) is 0. The third-order valence-electron chi connectivity index (χ3n) is 4.10. The fraction of sp³-hybridized carbons (Fsp3) is 0.389. The first-order chi connectivity index (χ1) is 12.4. The Labute approximate surface area is 159 Å². The molecule has 1 aromatic carbocycles. The average Bonchev–Trinajstić information content (AvgIpc) is 3.04. The van der Waals surface area contributed by atoms with Crippen LogP contribution in [0.25, 0.3) is 0 Å². The van der Waals surface area contributed by atoms with E-state index in [2.05, 4.69) is 10.6 Å². The number of nitrogens with one attached hydrogen (secondary N) is 2. The maximum atomic E-state index is 12.4. The number of sulfonamides is 1. The van der Waals surface area contributed by atoms with Gasteiger partial charge in [-0.3, -0.25) is 0 Å². The molecule has 2 rings (SSSR count). The molecule has 2 N–H and O–H groups in total. The maximum Gasteiger partial charge on any atom is 0.315 e. The fourth-order valence-electron chi connectivity index (χ4n) is 2.48. The van der Waals surface area contributed by atoms with Crippen molar-refractivity contribution in [2.75, 3.05) is 13.1 Å². The lowest BCUT2D eigenvalue weighted by molar-refractivity contribution is 0.240. The highest BCUT2D eigenvalue weighted by Gasteiger charge is 2.21. The Morgan fingerprint density at radius 3 is 2.19 bits per heavy atom. The Balaban J connectivity index is 1.89. The van der Waals surface area contributed by atoms with Crippen LogP contribution in [0.2, 0.25) is 0 Å². The average molecular weight is 396 g/mol. The lowest BCUT2D eigenvalue weighted by Crippen LogP contribution is -2.34. The van der Waals surface area contributed by atoms with Crippen LogP contribution in [0.5, 0.6) is 0 Å². The minimum atomic E-state index is -3.45. The van der Waals surface area contributed by atoms with Crippen LogP contribution >= 0.6 is 11.3 Å². The second-order valence-corrected chi connectivity index (χ2v) is 8.73. The van der Waals surface area contributed by atoms with Crippen LogP contribution < -0.4 is 10.6 Å². The summed E-state index contributed by atoms with van der Waals surface area (Å²) in [6.45, 7) is 7.35. The Morgan fingerprint density at radius 1 is 1.04 bits per heavy atom. The van der Waals surface area contributed by atoms with E-state index in [1.807, 2.05) is 32.2 Å². The predicted molar refractivity (Wildman–Crippen MR) is 105 cm³/mol. The normalized spacial score (nSPS) is 11.5. The zero-order chi connectivity index (χ0) is 19.2. The first kappa shape index (κ1) is 20.4. The van der Waals surface area contributed by atoms with Crippen molar-refractivity contribution in [3.63, 3.8) is 0 Å². The minimum absolute atomic E-state index is 0.252. The van der Waals surface area contributed by atoms with Crippen molar-refractivity contribution in [2.24, 2.45) is 0 Å². The van der Waals surface area contributed by atoms with Gasteiger partial charge in [-0.1, -0.05) is 26.0 Å². The highest BCUT2D eigenvalue weighted by Crippen LogP contribution is 2.16. The number of aryl methyl sites for hydroxylation is 1. The molecule has 2 amide bonds. The molecule has 0 radical (unpaired) electrons. The van der Waals surface area contributed by atoms with Gasteiger partial charge in [-0.25, -0.2) is 13.2 Å². The van der Waals surface area contributed by atoms with E-state index in [9.17, 15) is 13.2 Å². The molecular weight excluding hydrogens is 370 g/mol. The molecule has 8 heteroatoms. The molecule has 142 valence electrons. The monoisotopic (exact) mass is 395 g/mol. The molecule has 0 aliphatic carbocycles. The number of benzene rings is 1.